The van der Waals surface area contributed by atoms with Gasteiger partial charge in [-0.3, -0.25) is 0 Å². The van der Waals surface area contributed by atoms with Crippen LogP contribution in [0.1, 0.15) is 6.42 Å². The van der Waals surface area contributed by atoms with Crippen molar-refractivity contribution in [3.63, 3.8) is 0 Å². The molecule has 0 spiro atoms. The molecule has 19 heavy (non-hydrogen) atoms. The predicted molar refractivity (Wildman–Crippen MR) is 73.3 cm³/mol. The van der Waals surface area contributed by atoms with Crippen molar-refractivity contribution in [3.8, 4) is 0 Å². The predicted octanol–water partition coefficient (Wildman–Crippen LogP) is 1.60. The van der Waals surface area contributed by atoms with E-state index in [0.717, 1.165) is 10.8 Å². The summed E-state index contributed by atoms with van der Waals surface area (Å²) in [5.41, 5.74) is 0. The zero-order chi connectivity index (χ0) is 13.5. The van der Waals surface area contributed by atoms with E-state index >= 15 is 0 Å². The first-order chi connectivity index (χ1) is 9.09. The molecule has 0 bridgehead atoms. The Morgan fingerprint density at radius 3 is 2.58 bits per heavy atom. The monoisotopic (exact) mass is 277 g/mol. The Hall–Kier alpha value is -1.43. The molecule has 4 nitrogen and oxygen atoms in total. The van der Waals surface area contributed by atoms with Gasteiger partial charge >= 0.3 is 0 Å². The highest BCUT2D eigenvalue weighted by atomic mass is 32.2. The standard InChI is InChI=1S/C14H15NO3S/c16-12-8-9-15(10-12)19(17,18)14-7-3-5-11-4-1-2-6-13(11)14/h1-7,12,16H,8-10H2/t12-/m0/s1. The summed E-state index contributed by atoms with van der Waals surface area (Å²) >= 11 is 0. The fourth-order valence-electron chi connectivity index (χ4n) is 2.49. The smallest absolute Gasteiger partial charge is 0.243 e. The van der Waals surface area contributed by atoms with Crippen molar-refractivity contribution < 1.29 is 13.5 Å². The van der Waals surface area contributed by atoms with Crippen LogP contribution in [0.4, 0.5) is 0 Å². The Labute approximate surface area is 112 Å². The van der Waals surface area contributed by atoms with Gasteiger partial charge in [-0.2, -0.15) is 4.31 Å². The topological polar surface area (TPSA) is 57.6 Å². The van der Waals surface area contributed by atoms with Crippen molar-refractivity contribution in [2.45, 2.75) is 17.4 Å². The summed E-state index contributed by atoms with van der Waals surface area (Å²) in [7, 11) is -3.52. The van der Waals surface area contributed by atoms with E-state index < -0.39 is 16.1 Å². The number of β-amino-alcohol motifs (C(OH)–C–C–N with tert-alkyl or cyclic N) is 1. The van der Waals surface area contributed by atoms with Gasteiger partial charge in [0.2, 0.25) is 10.0 Å². The van der Waals surface area contributed by atoms with Crippen molar-refractivity contribution in [2.75, 3.05) is 13.1 Å². The van der Waals surface area contributed by atoms with Gasteiger partial charge in [0.1, 0.15) is 0 Å². The van der Waals surface area contributed by atoms with E-state index in [1.807, 2.05) is 30.3 Å². The summed E-state index contributed by atoms with van der Waals surface area (Å²) in [5.74, 6) is 0. The summed E-state index contributed by atoms with van der Waals surface area (Å²) in [6.45, 7) is 0.568. The Morgan fingerprint density at radius 2 is 1.84 bits per heavy atom. The molecule has 1 aliphatic rings. The van der Waals surface area contributed by atoms with Crippen molar-refractivity contribution in [1.29, 1.82) is 0 Å². The SMILES string of the molecule is O=S(=O)(c1cccc2ccccc12)N1CC[C@H](O)C1. The van der Waals surface area contributed by atoms with Crippen molar-refractivity contribution >= 4 is 20.8 Å². The number of hydrogen-bond donors (Lipinski definition) is 1. The van der Waals surface area contributed by atoms with Crippen LogP contribution in [0.15, 0.2) is 47.4 Å². The lowest BCUT2D eigenvalue weighted by Crippen LogP contribution is -2.29. The average molecular weight is 277 g/mol. The van der Waals surface area contributed by atoms with Crippen molar-refractivity contribution in [3.05, 3.63) is 42.5 Å². The number of aliphatic hydroxyl groups is 1. The maximum absolute atomic E-state index is 12.6. The molecule has 2 aromatic carbocycles. The van der Waals surface area contributed by atoms with E-state index in [-0.39, 0.29) is 6.54 Å². The van der Waals surface area contributed by atoms with Gasteiger partial charge in [-0.25, -0.2) is 8.42 Å². The highest BCUT2D eigenvalue weighted by Crippen LogP contribution is 2.27. The second-order valence-corrected chi connectivity index (χ2v) is 6.69. The van der Waals surface area contributed by atoms with Crippen LogP contribution in [0.3, 0.4) is 0 Å². The van der Waals surface area contributed by atoms with Gasteiger partial charge in [-0.05, 0) is 17.9 Å². The minimum atomic E-state index is -3.52. The maximum atomic E-state index is 12.6. The van der Waals surface area contributed by atoms with E-state index in [9.17, 15) is 13.5 Å². The van der Waals surface area contributed by atoms with Gasteiger partial charge in [0, 0.05) is 18.5 Å². The third-order valence-electron chi connectivity index (χ3n) is 3.49. The summed E-state index contributed by atoms with van der Waals surface area (Å²) < 4.78 is 26.6. The zero-order valence-corrected chi connectivity index (χ0v) is 11.2. The number of fused-ring (bicyclic) bond motifs is 1. The fraction of sp³-hybridized carbons (Fsp3) is 0.286. The highest BCUT2D eigenvalue weighted by molar-refractivity contribution is 7.89. The molecule has 0 amide bonds. The van der Waals surface area contributed by atoms with Crippen LogP contribution in [-0.2, 0) is 10.0 Å². The molecule has 0 aromatic heterocycles. The molecule has 1 saturated heterocycles. The first-order valence-corrected chi connectivity index (χ1v) is 7.69. The Morgan fingerprint density at radius 1 is 1.11 bits per heavy atom. The minimum Gasteiger partial charge on any atom is -0.392 e. The van der Waals surface area contributed by atoms with E-state index in [2.05, 4.69) is 0 Å². The number of hydrogen-bond acceptors (Lipinski definition) is 3. The van der Waals surface area contributed by atoms with Crippen molar-refractivity contribution in [2.24, 2.45) is 0 Å². The third kappa shape index (κ3) is 2.14. The summed E-state index contributed by atoms with van der Waals surface area (Å²) in [5, 5.41) is 11.2. The van der Waals surface area contributed by atoms with E-state index in [4.69, 9.17) is 0 Å². The number of sulfonamides is 1. The summed E-state index contributed by atoms with van der Waals surface area (Å²) in [6, 6.07) is 12.7. The van der Waals surface area contributed by atoms with Gasteiger partial charge in [-0.15, -0.1) is 0 Å². The van der Waals surface area contributed by atoms with Crippen LogP contribution in [-0.4, -0.2) is 37.0 Å². The number of aliphatic hydroxyl groups excluding tert-OH is 1. The van der Waals surface area contributed by atoms with Gasteiger partial charge < -0.3 is 5.11 Å². The molecule has 0 unspecified atom stereocenters. The average Bonchev–Trinajstić information content (AvgIpc) is 2.85. The molecule has 2 aromatic rings. The normalized spacial score (nSPS) is 21.0. The lowest BCUT2D eigenvalue weighted by Gasteiger charge is -2.17. The molecule has 1 heterocycles. The van der Waals surface area contributed by atoms with Crippen LogP contribution in [0.5, 0.6) is 0 Å². The molecule has 1 aliphatic heterocycles. The number of nitrogens with zero attached hydrogens (tertiary/aromatic N) is 1. The first-order valence-electron chi connectivity index (χ1n) is 6.25. The number of benzene rings is 2. The second kappa shape index (κ2) is 4.59. The van der Waals surface area contributed by atoms with Crippen LogP contribution < -0.4 is 0 Å². The molecule has 1 fully saturated rings. The van der Waals surface area contributed by atoms with E-state index in [1.54, 1.807) is 12.1 Å². The van der Waals surface area contributed by atoms with Gasteiger partial charge in [0.15, 0.2) is 0 Å². The first kappa shape index (κ1) is 12.6. The summed E-state index contributed by atoms with van der Waals surface area (Å²) in [6.07, 6.45) is -0.0472. The Bertz CT molecular complexity index is 706. The van der Waals surface area contributed by atoms with Crippen molar-refractivity contribution in [1.82, 2.24) is 4.31 Å². The van der Waals surface area contributed by atoms with Gasteiger partial charge in [0.25, 0.3) is 0 Å². The highest BCUT2D eigenvalue weighted by Gasteiger charge is 2.32. The Kier molecular flexibility index (Phi) is 3.05. The van der Waals surface area contributed by atoms with E-state index in [1.165, 1.54) is 4.31 Å². The van der Waals surface area contributed by atoms with Crippen LogP contribution in [0.25, 0.3) is 10.8 Å². The van der Waals surface area contributed by atoms with Crippen LogP contribution in [0, 0.1) is 0 Å². The molecule has 0 saturated carbocycles. The maximum Gasteiger partial charge on any atom is 0.243 e. The Balaban J connectivity index is 2.14. The molecule has 1 N–H and O–H groups in total. The van der Waals surface area contributed by atoms with Gasteiger partial charge in [-0.1, -0.05) is 36.4 Å². The zero-order valence-electron chi connectivity index (χ0n) is 10.4. The molecular weight excluding hydrogens is 262 g/mol. The van der Waals surface area contributed by atoms with Crippen LogP contribution >= 0.6 is 0 Å². The fourth-order valence-corrected chi connectivity index (χ4v) is 4.20. The van der Waals surface area contributed by atoms with E-state index in [0.29, 0.717) is 17.9 Å². The number of rotatable bonds is 2. The lowest BCUT2D eigenvalue weighted by atomic mass is 10.1. The molecule has 1 atom stereocenters. The molecule has 5 heteroatoms. The summed E-state index contributed by atoms with van der Waals surface area (Å²) in [4.78, 5) is 0.319. The molecule has 3 rings (SSSR count). The molecule has 0 radical (unpaired) electrons. The van der Waals surface area contributed by atoms with Crippen LogP contribution in [0.2, 0.25) is 0 Å². The third-order valence-corrected chi connectivity index (χ3v) is 5.42. The molecule has 0 aliphatic carbocycles. The van der Waals surface area contributed by atoms with Gasteiger partial charge in [0.05, 0.1) is 11.0 Å². The molecular formula is C14H15NO3S. The quantitative estimate of drug-likeness (QED) is 0.907. The minimum absolute atomic E-state index is 0.186. The molecule has 100 valence electrons. The largest absolute Gasteiger partial charge is 0.392 e. The lowest BCUT2D eigenvalue weighted by molar-refractivity contribution is 0.189. The second-order valence-electron chi connectivity index (χ2n) is 4.78.